The number of hydrogen-bond acceptors (Lipinski definition) is 5. The van der Waals surface area contributed by atoms with Crippen molar-refractivity contribution in [1.82, 2.24) is 25.4 Å². The summed E-state index contributed by atoms with van der Waals surface area (Å²) in [5, 5.41) is 7.71. The normalized spacial score (nSPS) is 21.1. The van der Waals surface area contributed by atoms with Crippen molar-refractivity contribution in [2.24, 2.45) is 4.99 Å². The number of nitrogens with zero attached hydrogens (tertiary/aromatic N) is 5. The molecule has 2 aliphatic rings. The summed E-state index contributed by atoms with van der Waals surface area (Å²) in [6, 6.07) is 4.12. The highest BCUT2D eigenvalue weighted by molar-refractivity contribution is 14.0. The third kappa shape index (κ3) is 7.73. The van der Waals surface area contributed by atoms with Crippen molar-refractivity contribution in [3.8, 4) is 0 Å². The number of pyridine rings is 1. The van der Waals surface area contributed by atoms with Crippen LogP contribution < -0.4 is 15.5 Å². The molecule has 3 heterocycles. The minimum atomic E-state index is 0. The molecular weight excluding hydrogens is 501 g/mol. The van der Waals surface area contributed by atoms with E-state index < -0.39 is 0 Å². The monoisotopic (exact) mass is 535 g/mol. The van der Waals surface area contributed by atoms with E-state index in [1.165, 1.54) is 39.1 Å². The Labute approximate surface area is 197 Å². The number of nitrogens with one attached hydrogen (secondary N) is 2. The summed E-state index contributed by atoms with van der Waals surface area (Å²) in [5.41, 5.74) is 0. The molecule has 0 bridgehead atoms. The quantitative estimate of drug-likeness (QED) is 0.241. The lowest BCUT2D eigenvalue weighted by Gasteiger charge is -2.32. The second kappa shape index (κ2) is 12.8. The molecule has 0 amide bonds. The zero-order chi connectivity index (χ0) is 19.8. The van der Waals surface area contributed by atoms with E-state index in [-0.39, 0.29) is 24.0 Å². The number of aromatic nitrogens is 1. The Morgan fingerprint density at radius 2 is 2.03 bits per heavy atom. The molecule has 3 rings (SSSR count). The second-order valence-electron chi connectivity index (χ2n) is 7.74. The lowest BCUT2D eigenvalue weighted by Crippen LogP contribution is -2.45. The SMILES string of the molecule is CN=C(NCCCCN1CCN(C)CC1)NC1CCN(c2ncccc2Cl)C1.I. The van der Waals surface area contributed by atoms with Crippen LogP contribution in [-0.2, 0) is 0 Å². The van der Waals surface area contributed by atoms with E-state index in [2.05, 4.69) is 42.4 Å². The first-order chi connectivity index (χ1) is 13.7. The van der Waals surface area contributed by atoms with Gasteiger partial charge in [0.15, 0.2) is 5.96 Å². The molecule has 0 aliphatic carbocycles. The number of likely N-dealkylation sites (N-methyl/N-ethyl adjacent to an activating group) is 1. The molecule has 1 atom stereocenters. The molecule has 2 aliphatic heterocycles. The van der Waals surface area contributed by atoms with Gasteiger partial charge in [0, 0.05) is 65.1 Å². The molecule has 164 valence electrons. The Kier molecular flexibility index (Phi) is 10.8. The smallest absolute Gasteiger partial charge is 0.191 e. The lowest BCUT2D eigenvalue weighted by atomic mass is 10.2. The molecular formula is C20H35ClIN7. The number of aliphatic imine (C=N–C) groups is 1. The largest absolute Gasteiger partial charge is 0.356 e. The van der Waals surface area contributed by atoms with Crippen LogP contribution >= 0.6 is 35.6 Å². The summed E-state index contributed by atoms with van der Waals surface area (Å²) in [5.74, 6) is 1.76. The van der Waals surface area contributed by atoms with Crippen molar-refractivity contribution < 1.29 is 0 Å². The number of halogens is 2. The van der Waals surface area contributed by atoms with Crippen molar-refractivity contribution in [3.63, 3.8) is 0 Å². The van der Waals surface area contributed by atoms with Crippen LogP contribution in [0.1, 0.15) is 19.3 Å². The third-order valence-electron chi connectivity index (χ3n) is 5.58. The van der Waals surface area contributed by atoms with E-state index in [9.17, 15) is 0 Å². The molecule has 1 aromatic rings. The second-order valence-corrected chi connectivity index (χ2v) is 8.14. The Morgan fingerprint density at radius 3 is 2.76 bits per heavy atom. The molecule has 9 heteroatoms. The van der Waals surface area contributed by atoms with Crippen molar-refractivity contribution in [3.05, 3.63) is 23.4 Å². The summed E-state index contributed by atoms with van der Waals surface area (Å²) in [7, 11) is 4.04. The number of piperazine rings is 1. The van der Waals surface area contributed by atoms with E-state index in [1.54, 1.807) is 6.20 Å². The van der Waals surface area contributed by atoms with E-state index in [0.29, 0.717) is 11.1 Å². The fraction of sp³-hybridized carbons (Fsp3) is 0.700. The molecule has 1 aromatic heterocycles. The van der Waals surface area contributed by atoms with Crippen LogP contribution in [0, 0.1) is 0 Å². The first kappa shape index (κ1) is 24.4. The van der Waals surface area contributed by atoms with E-state index >= 15 is 0 Å². The van der Waals surface area contributed by atoms with Crippen molar-refractivity contribution in [2.75, 3.05) is 71.4 Å². The van der Waals surface area contributed by atoms with Gasteiger partial charge in [0.2, 0.25) is 0 Å². The van der Waals surface area contributed by atoms with Gasteiger partial charge in [-0.05, 0) is 45.0 Å². The number of anilines is 1. The first-order valence-corrected chi connectivity index (χ1v) is 10.8. The number of rotatable bonds is 7. The number of guanidine groups is 1. The van der Waals surface area contributed by atoms with E-state index in [4.69, 9.17) is 11.6 Å². The maximum absolute atomic E-state index is 6.28. The molecule has 0 radical (unpaired) electrons. The van der Waals surface area contributed by atoms with Gasteiger partial charge >= 0.3 is 0 Å². The van der Waals surface area contributed by atoms with Crippen LogP contribution in [0.3, 0.4) is 0 Å². The third-order valence-corrected chi connectivity index (χ3v) is 5.88. The summed E-state index contributed by atoms with van der Waals surface area (Å²) < 4.78 is 0. The molecule has 2 N–H and O–H groups in total. The Bertz CT molecular complexity index is 637. The predicted molar refractivity (Wildman–Crippen MR) is 133 cm³/mol. The molecule has 7 nitrogen and oxygen atoms in total. The van der Waals surface area contributed by atoms with Gasteiger partial charge in [0.25, 0.3) is 0 Å². The predicted octanol–water partition coefficient (Wildman–Crippen LogP) is 2.12. The lowest BCUT2D eigenvalue weighted by molar-refractivity contribution is 0.152. The minimum absolute atomic E-state index is 0. The van der Waals surface area contributed by atoms with Crippen LogP contribution in [0.5, 0.6) is 0 Å². The van der Waals surface area contributed by atoms with Crippen LogP contribution in [0.4, 0.5) is 5.82 Å². The topological polar surface area (TPSA) is 59.0 Å². The standard InChI is InChI=1S/C20H34ClN7.HI/c1-22-20(24-8-3-4-10-27-14-12-26(2)13-15-27)25-17-7-11-28(16-17)19-18(21)6-5-9-23-19;/h5-6,9,17H,3-4,7-8,10-16H2,1-2H3,(H2,22,24,25);1H. The van der Waals surface area contributed by atoms with E-state index in [1.807, 2.05) is 19.2 Å². The van der Waals surface area contributed by atoms with Crippen molar-refractivity contribution in [2.45, 2.75) is 25.3 Å². The van der Waals surface area contributed by atoms with Gasteiger partial charge in [-0.15, -0.1) is 24.0 Å². The summed E-state index contributed by atoms with van der Waals surface area (Å²) in [6.07, 6.45) is 5.23. The molecule has 0 saturated carbocycles. The zero-order valence-electron chi connectivity index (χ0n) is 17.6. The molecule has 1 unspecified atom stereocenters. The van der Waals surface area contributed by atoms with E-state index in [0.717, 1.165) is 44.3 Å². The highest BCUT2D eigenvalue weighted by Gasteiger charge is 2.25. The first-order valence-electron chi connectivity index (χ1n) is 10.4. The fourth-order valence-electron chi connectivity index (χ4n) is 3.81. The molecule has 2 fully saturated rings. The highest BCUT2D eigenvalue weighted by Crippen LogP contribution is 2.25. The minimum Gasteiger partial charge on any atom is -0.356 e. The van der Waals surface area contributed by atoms with Gasteiger partial charge in [0.1, 0.15) is 5.82 Å². The van der Waals surface area contributed by atoms with Gasteiger partial charge in [-0.1, -0.05) is 11.6 Å². The maximum atomic E-state index is 6.28. The van der Waals surface area contributed by atoms with Gasteiger partial charge in [-0.2, -0.15) is 0 Å². The number of unbranched alkanes of at least 4 members (excludes halogenated alkanes) is 1. The maximum Gasteiger partial charge on any atom is 0.191 e. The Balaban J connectivity index is 0.00000300. The Morgan fingerprint density at radius 1 is 1.24 bits per heavy atom. The summed E-state index contributed by atoms with van der Waals surface area (Å²) >= 11 is 6.28. The van der Waals surface area contributed by atoms with Gasteiger partial charge in [-0.3, -0.25) is 4.99 Å². The zero-order valence-corrected chi connectivity index (χ0v) is 20.7. The van der Waals surface area contributed by atoms with Crippen LogP contribution in [-0.4, -0.2) is 93.2 Å². The molecule has 0 spiro atoms. The van der Waals surface area contributed by atoms with Crippen LogP contribution in [0.25, 0.3) is 0 Å². The average Bonchev–Trinajstić information content (AvgIpc) is 3.17. The van der Waals surface area contributed by atoms with Crippen LogP contribution in [0.15, 0.2) is 23.3 Å². The molecule has 29 heavy (non-hydrogen) atoms. The average molecular weight is 536 g/mol. The van der Waals surface area contributed by atoms with Gasteiger partial charge in [-0.25, -0.2) is 4.98 Å². The summed E-state index contributed by atoms with van der Waals surface area (Å²) in [6.45, 7) is 8.78. The summed E-state index contributed by atoms with van der Waals surface area (Å²) in [4.78, 5) is 16.0. The van der Waals surface area contributed by atoms with Crippen molar-refractivity contribution >= 4 is 47.4 Å². The van der Waals surface area contributed by atoms with Gasteiger partial charge < -0.3 is 25.3 Å². The van der Waals surface area contributed by atoms with Gasteiger partial charge in [0.05, 0.1) is 5.02 Å². The van der Waals surface area contributed by atoms with Crippen LogP contribution in [0.2, 0.25) is 5.02 Å². The molecule has 2 saturated heterocycles. The number of hydrogen-bond donors (Lipinski definition) is 2. The Hall–Kier alpha value is -0.840. The highest BCUT2D eigenvalue weighted by atomic mass is 127. The molecule has 0 aromatic carbocycles. The fourth-order valence-corrected chi connectivity index (χ4v) is 4.05. The van der Waals surface area contributed by atoms with Crippen molar-refractivity contribution in [1.29, 1.82) is 0 Å².